The monoisotopic (exact) mass is 497 g/mol. The molecule has 35 heavy (non-hydrogen) atoms. The lowest BCUT2D eigenvalue weighted by Gasteiger charge is -2.22. The smallest absolute Gasteiger partial charge is 0.384 e. The minimum atomic E-state index is -4.50. The van der Waals surface area contributed by atoms with Crippen molar-refractivity contribution in [2.45, 2.75) is 38.1 Å². The lowest BCUT2D eigenvalue weighted by Crippen LogP contribution is -2.40. The molecule has 4 N–H and O–H groups in total. The third kappa shape index (κ3) is 7.02. The van der Waals surface area contributed by atoms with Gasteiger partial charge in [-0.2, -0.15) is 13.2 Å². The molecule has 190 valence electrons. The molecule has 1 saturated carbocycles. The van der Waals surface area contributed by atoms with Gasteiger partial charge in [0.2, 0.25) is 0 Å². The van der Waals surface area contributed by atoms with Crippen molar-refractivity contribution in [3.05, 3.63) is 61.8 Å². The van der Waals surface area contributed by atoms with Gasteiger partial charge in [-0.15, -0.1) is 0 Å². The van der Waals surface area contributed by atoms with Crippen molar-refractivity contribution in [3.63, 3.8) is 0 Å². The van der Waals surface area contributed by atoms with Crippen LogP contribution in [0.4, 0.5) is 19.0 Å². The molecule has 0 saturated heterocycles. The number of halogens is 3. The Hall–Kier alpha value is -3.45. The first-order valence-electron chi connectivity index (χ1n) is 10.8. The molecule has 0 spiro atoms. The number of nitrogen functional groups attached to an aromatic ring is 1. The summed E-state index contributed by atoms with van der Waals surface area (Å²) in [6.45, 7) is -1.03. The van der Waals surface area contributed by atoms with Crippen molar-refractivity contribution in [1.29, 1.82) is 0 Å². The standard InChI is InChI=1S/C22H26F3N5O5/c1-35-9-8-30-18(26)17(20(33)28-21(30)34)16(31)11-29(15-6-7-15)10-13-2-4-14(5-3-13)19(32)27-12-22(23,24)25/h2-5,15H,6-12,26H2,1H3,(H,27,32)(H,28,33,34). The minimum Gasteiger partial charge on any atom is -0.384 e. The molecule has 0 atom stereocenters. The molecule has 1 amide bonds. The van der Waals surface area contributed by atoms with Gasteiger partial charge in [0.25, 0.3) is 11.5 Å². The fourth-order valence-electron chi connectivity index (χ4n) is 3.56. The molecule has 3 rings (SSSR count). The van der Waals surface area contributed by atoms with Gasteiger partial charge in [-0.25, -0.2) is 4.79 Å². The Balaban J connectivity index is 1.72. The van der Waals surface area contributed by atoms with Crippen molar-refractivity contribution in [1.82, 2.24) is 19.8 Å². The van der Waals surface area contributed by atoms with Crippen LogP contribution in [0.3, 0.4) is 0 Å². The molecular formula is C22H26F3N5O5. The van der Waals surface area contributed by atoms with E-state index in [1.807, 2.05) is 10.2 Å². The van der Waals surface area contributed by atoms with Crippen LogP contribution < -0.4 is 22.3 Å². The second-order valence-corrected chi connectivity index (χ2v) is 8.22. The number of alkyl halides is 3. The first-order valence-corrected chi connectivity index (χ1v) is 10.8. The number of benzene rings is 1. The number of nitrogens with one attached hydrogen (secondary N) is 2. The van der Waals surface area contributed by atoms with Gasteiger partial charge in [0, 0.05) is 25.3 Å². The number of aromatic amines is 1. The molecule has 13 heteroatoms. The van der Waals surface area contributed by atoms with E-state index in [9.17, 15) is 32.3 Å². The number of rotatable bonds is 11. The van der Waals surface area contributed by atoms with Gasteiger partial charge in [-0.1, -0.05) is 12.1 Å². The number of hydrogen-bond donors (Lipinski definition) is 3. The summed E-state index contributed by atoms with van der Waals surface area (Å²) in [7, 11) is 1.44. The number of carbonyl (C=O) groups is 2. The summed E-state index contributed by atoms with van der Waals surface area (Å²) in [4.78, 5) is 53.3. The summed E-state index contributed by atoms with van der Waals surface area (Å²) in [5.41, 5.74) is 4.88. The van der Waals surface area contributed by atoms with E-state index in [1.165, 1.54) is 19.2 Å². The summed E-state index contributed by atoms with van der Waals surface area (Å²) in [5, 5.41) is 1.81. The number of amides is 1. The summed E-state index contributed by atoms with van der Waals surface area (Å²) >= 11 is 0. The molecule has 1 aliphatic carbocycles. The first kappa shape index (κ1) is 26.2. The number of carbonyl (C=O) groups excluding carboxylic acids is 2. The highest BCUT2D eigenvalue weighted by Crippen LogP contribution is 2.28. The Bertz CT molecular complexity index is 1190. The third-order valence-corrected chi connectivity index (χ3v) is 5.50. The minimum absolute atomic E-state index is 0.0630. The maximum absolute atomic E-state index is 13.0. The van der Waals surface area contributed by atoms with Crippen LogP contribution in [0.1, 0.15) is 39.1 Å². The molecular weight excluding hydrogens is 471 g/mol. The average Bonchev–Trinajstić information content (AvgIpc) is 3.62. The number of ether oxygens (including phenoxy) is 1. The molecule has 0 radical (unpaired) electrons. The Labute approximate surface area is 197 Å². The van der Waals surface area contributed by atoms with Gasteiger partial charge < -0.3 is 15.8 Å². The van der Waals surface area contributed by atoms with Gasteiger partial charge in [0.15, 0.2) is 5.78 Å². The van der Waals surface area contributed by atoms with Crippen LogP contribution in [0.2, 0.25) is 0 Å². The number of aromatic nitrogens is 2. The van der Waals surface area contributed by atoms with Crippen LogP contribution >= 0.6 is 0 Å². The Morgan fingerprint density at radius 3 is 2.46 bits per heavy atom. The Kier molecular flexibility index (Phi) is 8.12. The summed E-state index contributed by atoms with van der Waals surface area (Å²) in [6, 6.07) is 6.10. The van der Waals surface area contributed by atoms with E-state index in [4.69, 9.17) is 10.5 Å². The topological polar surface area (TPSA) is 140 Å². The van der Waals surface area contributed by atoms with E-state index in [0.717, 1.165) is 23.0 Å². The highest BCUT2D eigenvalue weighted by atomic mass is 19.4. The largest absolute Gasteiger partial charge is 0.405 e. The van der Waals surface area contributed by atoms with Crippen molar-refractivity contribution < 1.29 is 27.5 Å². The number of H-pyrrole nitrogens is 1. The molecule has 0 unspecified atom stereocenters. The predicted molar refractivity (Wildman–Crippen MR) is 120 cm³/mol. The van der Waals surface area contributed by atoms with Crippen LogP contribution in [0.5, 0.6) is 0 Å². The van der Waals surface area contributed by atoms with E-state index < -0.39 is 35.7 Å². The SMILES string of the molecule is COCCn1c(N)c(C(=O)CN(Cc2ccc(C(=O)NCC(F)(F)F)cc2)C2CC2)c(=O)[nH]c1=O. The zero-order valence-electron chi connectivity index (χ0n) is 19.0. The van der Waals surface area contributed by atoms with E-state index in [0.29, 0.717) is 6.54 Å². The normalized spacial score (nSPS) is 13.7. The number of nitrogens with zero attached hydrogens (tertiary/aromatic N) is 2. The summed E-state index contributed by atoms with van der Waals surface area (Å²) in [6.07, 6.45) is -2.80. The van der Waals surface area contributed by atoms with Crippen LogP contribution in [-0.4, -0.2) is 65.2 Å². The molecule has 1 aromatic carbocycles. The third-order valence-electron chi connectivity index (χ3n) is 5.50. The highest BCUT2D eigenvalue weighted by molar-refractivity contribution is 6.01. The summed E-state index contributed by atoms with van der Waals surface area (Å²) in [5.74, 6) is -1.63. The van der Waals surface area contributed by atoms with Gasteiger partial charge in [-0.3, -0.25) is 28.8 Å². The molecule has 1 fully saturated rings. The van der Waals surface area contributed by atoms with Gasteiger partial charge in [0.05, 0.1) is 19.7 Å². The lowest BCUT2D eigenvalue weighted by molar-refractivity contribution is -0.123. The van der Waals surface area contributed by atoms with Gasteiger partial charge in [-0.05, 0) is 30.5 Å². The molecule has 2 aromatic rings. The number of hydrogen-bond acceptors (Lipinski definition) is 7. The number of Topliss-reactive ketones (excluding diaryl/α,β-unsaturated/α-hetero) is 1. The van der Waals surface area contributed by atoms with E-state index in [2.05, 4.69) is 4.98 Å². The van der Waals surface area contributed by atoms with Gasteiger partial charge in [0.1, 0.15) is 17.9 Å². The van der Waals surface area contributed by atoms with Crippen molar-refractivity contribution in [3.8, 4) is 0 Å². The molecule has 1 heterocycles. The first-order chi connectivity index (χ1) is 16.5. The van der Waals surface area contributed by atoms with Crippen LogP contribution in [0.25, 0.3) is 0 Å². The van der Waals surface area contributed by atoms with Crippen molar-refractivity contribution >= 4 is 17.5 Å². The molecule has 0 bridgehead atoms. The van der Waals surface area contributed by atoms with E-state index in [1.54, 1.807) is 12.1 Å². The number of anilines is 1. The van der Waals surface area contributed by atoms with Crippen molar-refractivity contribution in [2.75, 3.05) is 32.5 Å². The molecule has 1 aliphatic rings. The van der Waals surface area contributed by atoms with E-state index in [-0.39, 0.29) is 42.7 Å². The fraction of sp³-hybridized carbons (Fsp3) is 0.455. The van der Waals surface area contributed by atoms with Gasteiger partial charge >= 0.3 is 11.9 Å². The molecule has 1 aromatic heterocycles. The Morgan fingerprint density at radius 1 is 1.23 bits per heavy atom. The zero-order chi connectivity index (χ0) is 25.8. The Morgan fingerprint density at radius 2 is 1.89 bits per heavy atom. The highest BCUT2D eigenvalue weighted by Gasteiger charge is 2.32. The lowest BCUT2D eigenvalue weighted by atomic mass is 10.1. The van der Waals surface area contributed by atoms with E-state index >= 15 is 0 Å². The second kappa shape index (κ2) is 10.9. The predicted octanol–water partition coefficient (Wildman–Crippen LogP) is 0.905. The maximum Gasteiger partial charge on any atom is 0.405 e. The quantitative estimate of drug-likeness (QED) is 0.392. The molecule has 10 nitrogen and oxygen atoms in total. The molecule has 0 aliphatic heterocycles. The average molecular weight is 497 g/mol. The number of nitrogens with two attached hydrogens (primary N) is 1. The second-order valence-electron chi connectivity index (χ2n) is 8.22. The summed E-state index contributed by atoms with van der Waals surface area (Å²) < 4.78 is 42.9. The van der Waals surface area contributed by atoms with Crippen LogP contribution in [0, 0.1) is 0 Å². The fourth-order valence-corrected chi connectivity index (χ4v) is 3.56. The number of methoxy groups -OCH3 is 1. The van der Waals surface area contributed by atoms with Crippen LogP contribution in [-0.2, 0) is 17.8 Å². The maximum atomic E-state index is 13.0. The van der Waals surface area contributed by atoms with Crippen LogP contribution in [0.15, 0.2) is 33.9 Å². The number of ketones is 1. The zero-order valence-corrected chi connectivity index (χ0v) is 19.0. The van der Waals surface area contributed by atoms with Crippen molar-refractivity contribution in [2.24, 2.45) is 0 Å².